The van der Waals surface area contributed by atoms with Crippen molar-refractivity contribution in [1.82, 2.24) is 5.09 Å². The number of carbonyl (C=O) groups excluding carboxylic acids is 2. The van der Waals surface area contributed by atoms with E-state index in [1.807, 2.05) is 0 Å². The minimum atomic E-state index is -6.23. The molecule has 0 aliphatic rings. The summed E-state index contributed by atoms with van der Waals surface area (Å²) >= 11 is 0. The number of hydrogen-bond donors (Lipinski definition) is 1. The lowest BCUT2D eigenvalue weighted by Gasteiger charge is -2.42. The van der Waals surface area contributed by atoms with E-state index in [1.165, 1.54) is 0 Å². The third-order valence-corrected chi connectivity index (χ3v) is 4.87. The smallest absolute Gasteiger partial charge is 0.299 e. The molecule has 0 aromatic rings. The van der Waals surface area contributed by atoms with Gasteiger partial charge in [0.1, 0.15) is 17.5 Å². The Morgan fingerprint density at radius 2 is 1.24 bits per heavy atom. The van der Waals surface area contributed by atoms with Gasteiger partial charge in [-0.3, -0.25) is 18.6 Å². The number of nitrogens with one attached hydrogen (secondary N) is 1. The van der Waals surface area contributed by atoms with Crippen molar-refractivity contribution >= 4 is 19.3 Å². The van der Waals surface area contributed by atoms with Crippen LogP contribution in [0.2, 0.25) is 0 Å². The highest BCUT2D eigenvalue weighted by Crippen LogP contribution is 2.56. The molecular weight excluding hydrogens is 383 g/mol. The second-order valence-corrected chi connectivity index (χ2v) is 6.64. The molecule has 0 unspecified atom stereocenters. The first-order chi connectivity index (χ1) is 11.1. The van der Waals surface area contributed by atoms with Crippen LogP contribution in [-0.4, -0.2) is 42.7 Å². The van der Waals surface area contributed by atoms with Crippen molar-refractivity contribution in [2.24, 2.45) is 5.92 Å². The molecule has 0 fully saturated rings. The summed E-state index contributed by atoms with van der Waals surface area (Å²) in [5.74, 6) is -6.66. The van der Waals surface area contributed by atoms with Crippen LogP contribution in [0.4, 0.5) is 26.3 Å². The highest BCUT2D eigenvalue weighted by Gasteiger charge is 2.78. The van der Waals surface area contributed by atoms with Gasteiger partial charge in [0.15, 0.2) is 0 Å². The van der Waals surface area contributed by atoms with E-state index in [1.54, 1.807) is 0 Å². The molecule has 0 aliphatic heterocycles. The van der Waals surface area contributed by atoms with Gasteiger partial charge >= 0.3 is 20.1 Å². The Bertz CT molecular complexity index is 509. The molecule has 0 rings (SSSR count). The van der Waals surface area contributed by atoms with E-state index < -0.39 is 56.3 Å². The maximum Gasteiger partial charge on any atom is 0.417 e. The number of alkyl halides is 6. The molecule has 0 radical (unpaired) electrons. The molecule has 0 saturated heterocycles. The van der Waals surface area contributed by atoms with Crippen molar-refractivity contribution in [2.75, 3.05) is 13.2 Å². The van der Waals surface area contributed by atoms with Gasteiger partial charge in [-0.25, -0.2) is 4.57 Å². The number of Topliss-reactive ketones (excluding diaryl/α,β-unsaturated/α-hetero) is 2. The van der Waals surface area contributed by atoms with Gasteiger partial charge in [0.05, 0.1) is 13.2 Å². The van der Waals surface area contributed by atoms with E-state index >= 15 is 0 Å². The van der Waals surface area contributed by atoms with Gasteiger partial charge in [0.25, 0.3) is 0 Å². The van der Waals surface area contributed by atoms with E-state index in [2.05, 4.69) is 9.05 Å². The highest BCUT2D eigenvalue weighted by atomic mass is 31.2. The third kappa shape index (κ3) is 5.02. The maximum absolute atomic E-state index is 13.5. The quantitative estimate of drug-likeness (QED) is 0.362. The first-order valence-electron chi connectivity index (χ1n) is 6.92. The summed E-state index contributed by atoms with van der Waals surface area (Å²) in [4.78, 5) is 23.0. The first-order valence-corrected chi connectivity index (χ1v) is 8.46. The molecule has 0 saturated carbocycles. The fraction of sp³-hybridized carbons (Fsp3) is 0.833. The molecule has 13 heteroatoms. The number of carbonyl (C=O) groups is 2. The van der Waals surface area contributed by atoms with Crippen molar-refractivity contribution in [3.05, 3.63) is 0 Å². The molecule has 0 heterocycles. The van der Waals surface area contributed by atoms with Gasteiger partial charge in [-0.15, -0.1) is 0 Å². The normalized spacial score (nSPS) is 14.0. The Balaban J connectivity index is 6.74. The SMILES string of the molecule is CCOP(=O)(NC(C(C(C)=O)C(C)=O)(C(F)(F)F)C(F)(F)F)OCC. The van der Waals surface area contributed by atoms with Crippen molar-refractivity contribution in [2.45, 2.75) is 45.6 Å². The summed E-state index contributed by atoms with van der Waals surface area (Å²) in [6, 6.07) is 0. The minimum Gasteiger partial charge on any atom is -0.299 e. The number of ketones is 2. The van der Waals surface area contributed by atoms with Gasteiger partial charge in [-0.2, -0.15) is 31.4 Å². The molecule has 0 bridgehead atoms. The molecule has 0 spiro atoms. The van der Waals surface area contributed by atoms with E-state index in [0.717, 1.165) is 18.9 Å². The molecule has 0 aromatic heterocycles. The average Bonchev–Trinajstić information content (AvgIpc) is 2.34. The van der Waals surface area contributed by atoms with Crippen molar-refractivity contribution < 1.29 is 49.5 Å². The second kappa shape index (κ2) is 8.15. The lowest BCUT2D eigenvalue weighted by molar-refractivity contribution is -0.312. The molecular formula is C12H18F6NO5P. The lowest BCUT2D eigenvalue weighted by Crippen LogP contribution is -2.72. The predicted octanol–water partition coefficient (Wildman–Crippen LogP) is 3.41. The molecule has 148 valence electrons. The minimum absolute atomic E-state index is 0.395. The molecule has 6 nitrogen and oxygen atoms in total. The Morgan fingerprint density at radius 1 is 0.920 bits per heavy atom. The summed E-state index contributed by atoms with van der Waals surface area (Å²) in [7, 11) is -5.16. The number of hydrogen-bond acceptors (Lipinski definition) is 5. The zero-order valence-corrected chi connectivity index (χ0v) is 14.6. The van der Waals surface area contributed by atoms with Crippen molar-refractivity contribution in [3.8, 4) is 0 Å². The summed E-state index contributed by atoms with van der Waals surface area (Å²) < 4.78 is 102. The molecule has 0 atom stereocenters. The first kappa shape index (κ1) is 24.0. The van der Waals surface area contributed by atoms with Crippen molar-refractivity contribution in [3.63, 3.8) is 0 Å². The van der Waals surface area contributed by atoms with Gasteiger partial charge in [0.2, 0.25) is 5.54 Å². The van der Waals surface area contributed by atoms with Gasteiger partial charge in [0, 0.05) is 0 Å². The Morgan fingerprint density at radius 3 is 1.44 bits per heavy atom. The maximum atomic E-state index is 13.5. The van der Waals surface area contributed by atoms with Crippen LogP contribution in [0.5, 0.6) is 0 Å². The number of halogens is 6. The Hall–Kier alpha value is -0.970. The molecule has 1 N–H and O–H groups in total. The Labute approximate surface area is 139 Å². The summed E-state index contributed by atoms with van der Waals surface area (Å²) in [6.45, 7) is 1.99. The standard InChI is InChI=1S/C12H18F6NO5P/c1-5-23-25(22,24-6-2)19-10(11(13,14)15,12(16,17)18)9(7(3)20)8(4)21/h9H,5-6H2,1-4H3,(H,19,22). The van der Waals surface area contributed by atoms with Crippen LogP contribution in [0.1, 0.15) is 27.7 Å². The Kier molecular flexibility index (Phi) is 7.83. The highest BCUT2D eigenvalue weighted by molar-refractivity contribution is 7.51. The second-order valence-electron chi connectivity index (χ2n) is 4.90. The molecule has 0 amide bonds. The van der Waals surface area contributed by atoms with Gasteiger partial charge in [-0.1, -0.05) is 0 Å². The fourth-order valence-electron chi connectivity index (χ4n) is 2.23. The summed E-state index contributed by atoms with van der Waals surface area (Å²) in [5.41, 5.74) is -5.14. The number of rotatable bonds is 9. The molecule has 0 aromatic carbocycles. The van der Waals surface area contributed by atoms with Crippen LogP contribution in [0.25, 0.3) is 0 Å². The van der Waals surface area contributed by atoms with Crippen LogP contribution in [0.3, 0.4) is 0 Å². The van der Waals surface area contributed by atoms with Crippen LogP contribution in [0.15, 0.2) is 0 Å². The van der Waals surface area contributed by atoms with Crippen LogP contribution in [-0.2, 0) is 23.2 Å². The van der Waals surface area contributed by atoms with Crippen LogP contribution >= 0.6 is 7.75 Å². The predicted molar refractivity (Wildman–Crippen MR) is 73.7 cm³/mol. The summed E-state index contributed by atoms with van der Waals surface area (Å²) in [5, 5.41) is 0.808. The molecule has 25 heavy (non-hydrogen) atoms. The topological polar surface area (TPSA) is 81.7 Å². The zero-order valence-electron chi connectivity index (χ0n) is 13.7. The fourth-order valence-corrected chi connectivity index (χ4v) is 3.93. The third-order valence-electron chi connectivity index (χ3n) is 3.05. The van der Waals surface area contributed by atoms with Crippen molar-refractivity contribution in [1.29, 1.82) is 0 Å². The van der Waals surface area contributed by atoms with E-state index in [-0.39, 0.29) is 0 Å². The summed E-state index contributed by atoms with van der Waals surface area (Å²) in [6.07, 6.45) is -12.5. The monoisotopic (exact) mass is 401 g/mol. The average molecular weight is 401 g/mol. The zero-order chi connectivity index (χ0) is 20.3. The van der Waals surface area contributed by atoms with Gasteiger partial charge < -0.3 is 0 Å². The lowest BCUT2D eigenvalue weighted by atomic mass is 9.78. The van der Waals surface area contributed by atoms with Gasteiger partial charge in [-0.05, 0) is 27.7 Å². The van der Waals surface area contributed by atoms with Crippen LogP contribution < -0.4 is 5.09 Å². The largest absolute Gasteiger partial charge is 0.417 e. The van der Waals surface area contributed by atoms with E-state index in [9.17, 15) is 40.5 Å². The van der Waals surface area contributed by atoms with E-state index in [4.69, 9.17) is 0 Å². The molecule has 0 aliphatic carbocycles. The van der Waals surface area contributed by atoms with E-state index in [0.29, 0.717) is 13.8 Å². The van der Waals surface area contributed by atoms with Crippen LogP contribution in [0, 0.1) is 5.92 Å².